The van der Waals surface area contributed by atoms with Crippen LogP contribution in [0.1, 0.15) is 22.7 Å². The lowest BCUT2D eigenvalue weighted by molar-refractivity contribution is -0.121. The van der Waals surface area contributed by atoms with Crippen molar-refractivity contribution in [1.82, 2.24) is 4.90 Å². The van der Waals surface area contributed by atoms with Crippen molar-refractivity contribution in [2.45, 2.75) is 19.9 Å². The summed E-state index contributed by atoms with van der Waals surface area (Å²) in [6, 6.07) is 22.3. The third-order valence-electron chi connectivity index (χ3n) is 5.89. The Morgan fingerprint density at radius 3 is 2.26 bits per heavy atom. The molecule has 1 aliphatic rings. The number of nitrogens with one attached hydrogen (secondary N) is 1. The molecule has 0 aromatic heterocycles. The summed E-state index contributed by atoms with van der Waals surface area (Å²) in [5.41, 5.74) is 5.02. The first-order valence-electron chi connectivity index (χ1n) is 10.7. The van der Waals surface area contributed by atoms with Gasteiger partial charge in [0.05, 0.1) is 0 Å². The summed E-state index contributed by atoms with van der Waals surface area (Å²) in [7, 11) is 0. The third kappa shape index (κ3) is 4.94. The first kappa shape index (κ1) is 21.1. The van der Waals surface area contributed by atoms with E-state index in [2.05, 4.69) is 15.1 Å². The van der Waals surface area contributed by atoms with Gasteiger partial charge in [-0.05, 0) is 60.9 Å². The van der Waals surface area contributed by atoms with E-state index in [1.165, 1.54) is 12.1 Å². The lowest BCUT2D eigenvalue weighted by Crippen LogP contribution is -2.50. The van der Waals surface area contributed by atoms with Crippen molar-refractivity contribution in [3.8, 4) is 0 Å². The molecule has 1 atom stereocenters. The van der Waals surface area contributed by atoms with Crippen LogP contribution >= 0.6 is 0 Å². The Morgan fingerprint density at radius 1 is 0.903 bits per heavy atom. The van der Waals surface area contributed by atoms with Gasteiger partial charge in [-0.2, -0.15) is 0 Å². The lowest BCUT2D eigenvalue weighted by Gasteiger charge is -2.39. The normalized spacial score (nSPS) is 15.5. The second-order valence-electron chi connectivity index (χ2n) is 8.12. The maximum atomic E-state index is 13.5. The zero-order valence-electron chi connectivity index (χ0n) is 18.0. The summed E-state index contributed by atoms with van der Waals surface area (Å²) in [4.78, 5) is 17.9. The van der Waals surface area contributed by atoms with Crippen LogP contribution in [0.5, 0.6) is 0 Å². The number of piperazine rings is 1. The number of benzene rings is 3. The Hall–Kier alpha value is -3.18. The predicted molar refractivity (Wildman–Crippen MR) is 124 cm³/mol. The van der Waals surface area contributed by atoms with Crippen molar-refractivity contribution >= 4 is 17.3 Å². The van der Waals surface area contributed by atoms with Gasteiger partial charge in [0.1, 0.15) is 11.9 Å². The van der Waals surface area contributed by atoms with Crippen LogP contribution in [-0.2, 0) is 4.79 Å². The maximum Gasteiger partial charge on any atom is 0.246 e. The van der Waals surface area contributed by atoms with E-state index in [4.69, 9.17) is 0 Å². The van der Waals surface area contributed by atoms with Gasteiger partial charge in [0.25, 0.3) is 0 Å². The summed E-state index contributed by atoms with van der Waals surface area (Å²) in [5.74, 6) is -0.246. The third-order valence-corrected chi connectivity index (χ3v) is 5.89. The summed E-state index contributed by atoms with van der Waals surface area (Å²) in [5, 5.41) is 3.16. The van der Waals surface area contributed by atoms with Gasteiger partial charge < -0.3 is 10.2 Å². The number of carbonyl (C=O) groups is 1. The molecule has 160 valence electrons. The van der Waals surface area contributed by atoms with E-state index in [9.17, 15) is 9.18 Å². The molecule has 3 aromatic rings. The summed E-state index contributed by atoms with van der Waals surface area (Å²) in [6.45, 7) is 7.10. The molecule has 0 aliphatic carbocycles. The van der Waals surface area contributed by atoms with Gasteiger partial charge in [0.15, 0.2) is 0 Å². The van der Waals surface area contributed by atoms with E-state index < -0.39 is 0 Å². The van der Waals surface area contributed by atoms with E-state index >= 15 is 0 Å². The van der Waals surface area contributed by atoms with Crippen LogP contribution in [0.4, 0.5) is 15.8 Å². The highest BCUT2D eigenvalue weighted by Gasteiger charge is 2.30. The average Bonchev–Trinajstić information content (AvgIpc) is 2.78. The smallest absolute Gasteiger partial charge is 0.246 e. The van der Waals surface area contributed by atoms with Gasteiger partial charge in [0.2, 0.25) is 5.91 Å². The van der Waals surface area contributed by atoms with Crippen LogP contribution in [0.3, 0.4) is 0 Å². The molecule has 1 heterocycles. The molecule has 3 aromatic carbocycles. The minimum atomic E-state index is -0.364. The highest BCUT2D eigenvalue weighted by Crippen LogP contribution is 2.27. The van der Waals surface area contributed by atoms with Crippen LogP contribution in [0.2, 0.25) is 0 Å². The monoisotopic (exact) mass is 417 g/mol. The SMILES string of the molecule is Cc1ccc(C)c(NC(=O)[C@@H](c2ccccc2)N2CCN(c3ccc(F)cc3)CC2)c1. The zero-order chi connectivity index (χ0) is 21.8. The highest BCUT2D eigenvalue weighted by atomic mass is 19.1. The summed E-state index contributed by atoms with van der Waals surface area (Å²) < 4.78 is 13.3. The fraction of sp³-hybridized carbons (Fsp3) is 0.269. The van der Waals surface area contributed by atoms with Crippen molar-refractivity contribution in [2.24, 2.45) is 0 Å². The number of aryl methyl sites for hydroxylation is 2. The first-order chi connectivity index (χ1) is 15.0. The molecule has 31 heavy (non-hydrogen) atoms. The van der Waals surface area contributed by atoms with Crippen molar-refractivity contribution in [3.05, 3.63) is 95.3 Å². The average molecular weight is 418 g/mol. The number of rotatable bonds is 5. The Kier molecular flexibility index (Phi) is 6.33. The summed E-state index contributed by atoms with van der Waals surface area (Å²) >= 11 is 0. The van der Waals surface area contributed by atoms with Crippen molar-refractivity contribution < 1.29 is 9.18 Å². The molecule has 0 bridgehead atoms. The van der Waals surface area contributed by atoms with Gasteiger partial charge in [-0.1, -0.05) is 42.5 Å². The van der Waals surface area contributed by atoms with Gasteiger partial charge in [0, 0.05) is 37.6 Å². The van der Waals surface area contributed by atoms with E-state index in [1.807, 2.05) is 74.5 Å². The lowest BCUT2D eigenvalue weighted by atomic mass is 10.0. The predicted octanol–water partition coefficient (Wildman–Crippen LogP) is 4.94. The minimum Gasteiger partial charge on any atom is -0.369 e. The number of carbonyl (C=O) groups excluding carboxylic acids is 1. The van der Waals surface area contributed by atoms with Gasteiger partial charge in [-0.15, -0.1) is 0 Å². The molecule has 0 unspecified atom stereocenters. The number of nitrogens with zero attached hydrogens (tertiary/aromatic N) is 2. The fourth-order valence-corrected chi connectivity index (χ4v) is 4.13. The van der Waals surface area contributed by atoms with Crippen LogP contribution in [0.15, 0.2) is 72.8 Å². The van der Waals surface area contributed by atoms with Gasteiger partial charge >= 0.3 is 0 Å². The molecule has 0 spiro atoms. The Balaban J connectivity index is 1.53. The molecule has 0 saturated carbocycles. The Labute approximate surface area is 183 Å². The number of halogens is 1. The molecule has 0 radical (unpaired) electrons. The largest absolute Gasteiger partial charge is 0.369 e. The Bertz CT molecular complexity index is 1030. The van der Waals surface area contributed by atoms with E-state index in [1.54, 1.807) is 0 Å². The number of hydrogen-bond donors (Lipinski definition) is 1. The van der Waals surface area contributed by atoms with Crippen LogP contribution in [0, 0.1) is 19.7 Å². The standard InChI is InChI=1S/C26H28FN3O/c1-19-8-9-20(2)24(18-19)28-26(31)25(21-6-4-3-5-7-21)30-16-14-29(15-17-30)23-12-10-22(27)11-13-23/h3-13,18,25H,14-17H2,1-2H3,(H,28,31)/t25-/m1/s1. The highest BCUT2D eigenvalue weighted by molar-refractivity contribution is 5.96. The second kappa shape index (κ2) is 9.31. The number of amides is 1. The molecule has 4 rings (SSSR count). The van der Waals surface area contributed by atoms with Crippen LogP contribution in [0.25, 0.3) is 0 Å². The van der Waals surface area contributed by atoms with Gasteiger partial charge in [-0.3, -0.25) is 9.69 Å². The molecule has 5 heteroatoms. The molecule has 1 amide bonds. The van der Waals surface area contributed by atoms with E-state index in [0.29, 0.717) is 0 Å². The van der Waals surface area contributed by atoms with Crippen molar-refractivity contribution in [3.63, 3.8) is 0 Å². The molecule has 1 saturated heterocycles. The Morgan fingerprint density at radius 2 is 1.58 bits per heavy atom. The maximum absolute atomic E-state index is 13.5. The fourth-order valence-electron chi connectivity index (χ4n) is 4.13. The quantitative estimate of drug-likeness (QED) is 0.638. The number of anilines is 2. The van der Waals surface area contributed by atoms with Crippen LogP contribution < -0.4 is 10.2 Å². The number of hydrogen-bond acceptors (Lipinski definition) is 3. The van der Waals surface area contributed by atoms with Crippen LogP contribution in [-0.4, -0.2) is 37.0 Å². The zero-order valence-corrected chi connectivity index (χ0v) is 18.0. The van der Waals surface area contributed by atoms with Crippen molar-refractivity contribution in [2.75, 3.05) is 36.4 Å². The molecule has 1 N–H and O–H groups in total. The topological polar surface area (TPSA) is 35.6 Å². The van der Waals surface area contributed by atoms with Crippen molar-refractivity contribution in [1.29, 1.82) is 0 Å². The minimum absolute atomic E-state index is 0.0184. The second-order valence-corrected chi connectivity index (χ2v) is 8.12. The van der Waals surface area contributed by atoms with E-state index in [-0.39, 0.29) is 17.8 Å². The molecular formula is C26H28FN3O. The molecule has 1 fully saturated rings. The molecule has 1 aliphatic heterocycles. The molecular weight excluding hydrogens is 389 g/mol. The van der Waals surface area contributed by atoms with E-state index in [0.717, 1.165) is 54.2 Å². The van der Waals surface area contributed by atoms with Gasteiger partial charge in [-0.25, -0.2) is 4.39 Å². The molecule has 4 nitrogen and oxygen atoms in total. The first-order valence-corrected chi connectivity index (χ1v) is 10.7. The summed E-state index contributed by atoms with van der Waals surface area (Å²) in [6.07, 6.45) is 0.